The number of anilines is 2. The lowest BCUT2D eigenvalue weighted by atomic mass is 10.2. The van der Waals surface area contributed by atoms with E-state index in [2.05, 4.69) is 0 Å². The Balaban J connectivity index is 2.09. The van der Waals surface area contributed by atoms with Crippen LogP contribution in [0.1, 0.15) is 6.92 Å². The average Bonchev–Trinajstić information content (AvgIpc) is 2.59. The van der Waals surface area contributed by atoms with Gasteiger partial charge >= 0.3 is 12.0 Å². The molecule has 1 atom stereocenters. The van der Waals surface area contributed by atoms with Crippen molar-refractivity contribution in [3.05, 3.63) is 47.5 Å². The Bertz CT molecular complexity index is 1040. The number of halogens is 1. The zero-order valence-electron chi connectivity index (χ0n) is 14.3. The Morgan fingerprint density at radius 1 is 1.22 bits per heavy atom. The molecule has 27 heavy (non-hydrogen) atoms. The molecule has 2 aromatic carbocycles. The summed E-state index contributed by atoms with van der Waals surface area (Å²) in [5.74, 6) is -1.04. The van der Waals surface area contributed by atoms with Gasteiger partial charge < -0.3 is 9.84 Å². The number of ether oxygens (including phenoxy) is 1. The number of carbonyl (C=O) groups is 2. The van der Waals surface area contributed by atoms with Gasteiger partial charge in [0.2, 0.25) is 0 Å². The number of carboxylic acid groups (broad SMARTS) is 1. The topological polar surface area (TPSA) is 104 Å². The van der Waals surface area contributed by atoms with Crippen LogP contribution in [-0.2, 0) is 14.8 Å². The van der Waals surface area contributed by atoms with E-state index < -0.39 is 28.1 Å². The third-order valence-electron chi connectivity index (χ3n) is 3.97. The minimum absolute atomic E-state index is 0.0911. The summed E-state index contributed by atoms with van der Waals surface area (Å²) in [6.45, 7) is 1.34. The Kier molecular flexibility index (Phi) is 4.75. The zero-order valence-corrected chi connectivity index (χ0v) is 15.9. The van der Waals surface area contributed by atoms with Crippen molar-refractivity contribution in [2.24, 2.45) is 0 Å². The summed E-state index contributed by atoms with van der Waals surface area (Å²) in [5.41, 5.74) is 0.207. The van der Waals surface area contributed by atoms with Gasteiger partial charge in [0.15, 0.2) is 6.10 Å². The van der Waals surface area contributed by atoms with Gasteiger partial charge in [-0.05, 0) is 37.3 Å². The van der Waals surface area contributed by atoms with Crippen molar-refractivity contribution in [1.82, 2.24) is 0 Å². The molecular formula is C17H15ClN2O6S. The molecular weight excluding hydrogens is 396 g/mol. The Morgan fingerprint density at radius 3 is 2.56 bits per heavy atom. The van der Waals surface area contributed by atoms with Crippen LogP contribution in [0, 0.1) is 0 Å². The molecule has 0 aromatic heterocycles. The van der Waals surface area contributed by atoms with Crippen LogP contribution in [-0.4, -0.2) is 38.7 Å². The van der Waals surface area contributed by atoms with Crippen molar-refractivity contribution >= 4 is 45.0 Å². The number of hydrogen-bond donors (Lipinski definition) is 1. The highest BCUT2D eigenvalue weighted by molar-refractivity contribution is 7.94. The second-order valence-electron chi connectivity index (χ2n) is 5.82. The predicted molar refractivity (Wildman–Crippen MR) is 99.1 cm³/mol. The average molecular weight is 411 g/mol. The van der Waals surface area contributed by atoms with Crippen molar-refractivity contribution in [2.45, 2.75) is 17.9 Å². The number of carboxylic acids is 1. The molecule has 3 rings (SSSR count). The van der Waals surface area contributed by atoms with Gasteiger partial charge in [-0.3, -0.25) is 4.90 Å². The summed E-state index contributed by atoms with van der Waals surface area (Å²) in [6, 6.07) is 9.09. The van der Waals surface area contributed by atoms with E-state index in [0.29, 0.717) is 4.31 Å². The number of hydrogen-bond acceptors (Lipinski definition) is 5. The summed E-state index contributed by atoms with van der Waals surface area (Å²) in [5, 5.41) is 9.23. The number of urea groups is 1. The van der Waals surface area contributed by atoms with Gasteiger partial charge in [0, 0.05) is 18.1 Å². The van der Waals surface area contributed by atoms with Gasteiger partial charge in [0.05, 0.1) is 11.4 Å². The smallest absolute Gasteiger partial charge is 0.344 e. The Morgan fingerprint density at radius 2 is 1.93 bits per heavy atom. The lowest BCUT2D eigenvalue weighted by molar-refractivity contribution is -0.144. The summed E-state index contributed by atoms with van der Waals surface area (Å²) in [4.78, 5) is 24.7. The van der Waals surface area contributed by atoms with Gasteiger partial charge in [0.25, 0.3) is 10.0 Å². The Hall–Kier alpha value is -2.78. The fourth-order valence-corrected chi connectivity index (χ4v) is 4.40. The third-order valence-corrected chi connectivity index (χ3v) is 5.96. The molecule has 1 N–H and O–H groups in total. The number of aliphatic carboxylic acids is 1. The highest BCUT2D eigenvalue weighted by Gasteiger charge is 2.41. The van der Waals surface area contributed by atoms with E-state index in [9.17, 15) is 18.0 Å². The Labute approximate surface area is 160 Å². The second-order valence-corrected chi connectivity index (χ2v) is 8.01. The van der Waals surface area contributed by atoms with Crippen molar-refractivity contribution in [2.75, 3.05) is 16.3 Å². The summed E-state index contributed by atoms with van der Waals surface area (Å²) in [6.07, 6.45) is -1.13. The molecule has 0 bridgehead atoms. The summed E-state index contributed by atoms with van der Waals surface area (Å²) in [7, 11) is -2.77. The minimum atomic E-state index is -4.18. The molecule has 1 heterocycles. The lowest BCUT2D eigenvalue weighted by Gasteiger charge is -2.34. The van der Waals surface area contributed by atoms with Gasteiger partial charge in [-0.2, -0.15) is 4.31 Å². The molecule has 2 aromatic rings. The van der Waals surface area contributed by atoms with E-state index in [1.807, 2.05) is 0 Å². The van der Waals surface area contributed by atoms with E-state index in [4.69, 9.17) is 21.4 Å². The van der Waals surface area contributed by atoms with Crippen molar-refractivity contribution in [3.63, 3.8) is 0 Å². The van der Waals surface area contributed by atoms with Crippen molar-refractivity contribution in [3.8, 4) is 5.75 Å². The standard InChI is InChI=1S/C17H15ClN2O6S/c1-10(16(21)22)26-13-6-7-15-14(9-13)19(2)17(23)20(27(15,24)25)12-5-3-4-11(18)8-12/h3-10H,1-2H3,(H,21,22)/t10-/m1/s1. The molecule has 2 amide bonds. The largest absolute Gasteiger partial charge is 0.479 e. The van der Waals surface area contributed by atoms with Crippen LogP contribution in [0.3, 0.4) is 0 Å². The molecule has 1 aliphatic heterocycles. The van der Waals surface area contributed by atoms with Crippen LogP contribution in [0.15, 0.2) is 47.4 Å². The third kappa shape index (κ3) is 3.31. The maximum absolute atomic E-state index is 13.0. The SMILES string of the molecule is C[C@@H](Oc1ccc2c(c1)N(C)C(=O)N(c1cccc(Cl)c1)S2(=O)=O)C(=O)O. The fraction of sp³-hybridized carbons (Fsp3) is 0.176. The van der Waals surface area contributed by atoms with Gasteiger partial charge in [-0.1, -0.05) is 17.7 Å². The number of sulfonamides is 1. The van der Waals surface area contributed by atoms with Crippen molar-refractivity contribution < 1.29 is 27.9 Å². The van der Waals surface area contributed by atoms with Crippen LogP contribution >= 0.6 is 11.6 Å². The first-order valence-corrected chi connectivity index (χ1v) is 9.57. The fourth-order valence-electron chi connectivity index (χ4n) is 2.60. The molecule has 10 heteroatoms. The van der Waals surface area contributed by atoms with Gasteiger partial charge in [-0.25, -0.2) is 18.0 Å². The zero-order chi connectivity index (χ0) is 19.9. The number of fused-ring (bicyclic) bond motifs is 1. The molecule has 1 aliphatic rings. The van der Waals surface area contributed by atoms with Crippen LogP contribution in [0.4, 0.5) is 16.2 Å². The summed E-state index contributed by atoms with van der Waals surface area (Å²) < 4.78 is 32.0. The molecule has 0 spiro atoms. The monoisotopic (exact) mass is 410 g/mol. The number of carbonyl (C=O) groups excluding carboxylic acids is 1. The van der Waals surface area contributed by atoms with Crippen LogP contribution in [0.2, 0.25) is 5.02 Å². The summed E-state index contributed by atoms with van der Waals surface area (Å²) >= 11 is 5.93. The van der Waals surface area contributed by atoms with E-state index in [-0.39, 0.29) is 27.0 Å². The highest BCUT2D eigenvalue weighted by Crippen LogP contribution is 2.39. The van der Waals surface area contributed by atoms with Crippen molar-refractivity contribution in [1.29, 1.82) is 0 Å². The van der Waals surface area contributed by atoms with Gasteiger partial charge in [-0.15, -0.1) is 0 Å². The number of amides is 2. The molecule has 142 valence electrons. The minimum Gasteiger partial charge on any atom is -0.479 e. The molecule has 0 radical (unpaired) electrons. The second kappa shape index (κ2) is 6.75. The lowest BCUT2D eigenvalue weighted by Crippen LogP contribution is -2.49. The van der Waals surface area contributed by atoms with Crippen LogP contribution in [0.5, 0.6) is 5.75 Å². The van der Waals surface area contributed by atoms with Crippen LogP contribution in [0.25, 0.3) is 0 Å². The molecule has 0 unspecified atom stereocenters. The number of benzene rings is 2. The van der Waals surface area contributed by atoms with Crippen LogP contribution < -0.4 is 13.9 Å². The number of nitrogens with zero attached hydrogens (tertiary/aromatic N) is 2. The first kappa shape index (κ1) is 19.0. The van der Waals surface area contributed by atoms with E-state index in [0.717, 1.165) is 4.90 Å². The maximum Gasteiger partial charge on any atom is 0.344 e. The number of rotatable bonds is 4. The first-order chi connectivity index (χ1) is 12.6. The molecule has 8 nitrogen and oxygen atoms in total. The highest BCUT2D eigenvalue weighted by atomic mass is 35.5. The molecule has 0 saturated carbocycles. The first-order valence-electron chi connectivity index (χ1n) is 7.75. The van der Waals surface area contributed by atoms with E-state index >= 15 is 0 Å². The molecule has 0 saturated heterocycles. The quantitative estimate of drug-likeness (QED) is 0.830. The van der Waals surface area contributed by atoms with Gasteiger partial charge in [0.1, 0.15) is 10.6 Å². The molecule has 0 aliphatic carbocycles. The maximum atomic E-state index is 13.0. The predicted octanol–water partition coefficient (Wildman–Crippen LogP) is 2.96. The van der Waals surface area contributed by atoms with E-state index in [1.54, 1.807) is 12.1 Å². The van der Waals surface area contributed by atoms with E-state index in [1.165, 1.54) is 44.3 Å². The molecule has 0 fully saturated rings. The normalized spacial score (nSPS) is 16.6.